The Kier molecular flexibility index (Phi) is 3.78. The van der Waals surface area contributed by atoms with E-state index in [9.17, 15) is 4.79 Å². The van der Waals surface area contributed by atoms with E-state index in [1.807, 2.05) is 24.8 Å². The van der Waals surface area contributed by atoms with Gasteiger partial charge in [-0.3, -0.25) is 9.13 Å². The molecule has 2 heterocycles. The molecule has 0 saturated carbocycles. The van der Waals surface area contributed by atoms with Crippen molar-refractivity contribution in [3.05, 3.63) is 39.0 Å². The van der Waals surface area contributed by atoms with Crippen LogP contribution in [0.25, 0.3) is 0 Å². The van der Waals surface area contributed by atoms with Gasteiger partial charge in [0.25, 0.3) is 0 Å². The van der Waals surface area contributed by atoms with E-state index < -0.39 is 0 Å². The van der Waals surface area contributed by atoms with Gasteiger partial charge in [-0.2, -0.15) is 0 Å². The van der Waals surface area contributed by atoms with E-state index in [-0.39, 0.29) is 5.69 Å². The fraction of sp³-hybridized carbons (Fsp3) is 0.500. The molecule has 0 saturated heterocycles. The number of thiazole rings is 1. The van der Waals surface area contributed by atoms with E-state index in [0.29, 0.717) is 0 Å². The Hall–Kier alpha value is -1.36. The third-order valence-electron chi connectivity index (χ3n) is 2.81. The lowest BCUT2D eigenvalue weighted by Gasteiger charge is -2.01. The first kappa shape index (κ1) is 12.1. The van der Waals surface area contributed by atoms with E-state index in [0.717, 1.165) is 31.6 Å². The normalized spacial score (nSPS) is 10.9. The van der Waals surface area contributed by atoms with Gasteiger partial charge in [0.2, 0.25) is 0 Å². The summed E-state index contributed by atoms with van der Waals surface area (Å²) in [5, 5.41) is 0. The maximum absolute atomic E-state index is 11.9. The van der Waals surface area contributed by atoms with Crippen LogP contribution in [-0.4, -0.2) is 14.1 Å². The van der Waals surface area contributed by atoms with Crippen LogP contribution in [0.1, 0.15) is 23.9 Å². The number of nitrogens with zero attached hydrogens (tertiary/aromatic N) is 3. The molecule has 0 spiro atoms. The fourth-order valence-corrected chi connectivity index (χ4v) is 2.59. The molecule has 92 valence electrons. The molecule has 0 radical (unpaired) electrons. The Morgan fingerprint density at radius 3 is 2.59 bits per heavy atom. The molecule has 0 N–H and O–H groups in total. The summed E-state index contributed by atoms with van der Waals surface area (Å²) in [5.41, 5.74) is 3.03. The summed E-state index contributed by atoms with van der Waals surface area (Å²) in [4.78, 5) is 17.4. The molecular weight excluding hydrogens is 234 g/mol. The first-order valence-electron chi connectivity index (χ1n) is 5.87. The van der Waals surface area contributed by atoms with Gasteiger partial charge < -0.3 is 0 Å². The number of aromatic nitrogens is 3. The third kappa shape index (κ3) is 2.66. The second-order valence-electron chi connectivity index (χ2n) is 4.08. The highest BCUT2D eigenvalue weighted by molar-refractivity contribution is 7.09. The van der Waals surface area contributed by atoms with Gasteiger partial charge in [-0.1, -0.05) is 6.92 Å². The van der Waals surface area contributed by atoms with Crippen molar-refractivity contribution in [2.75, 3.05) is 0 Å². The Labute approximate surface area is 105 Å². The maximum Gasteiger partial charge on any atom is 0.328 e. The average molecular weight is 251 g/mol. The van der Waals surface area contributed by atoms with Crippen LogP contribution in [0.15, 0.2) is 22.7 Å². The smallest absolute Gasteiger partial charge is 0.299 e. The van der Waals surface area contributed by atoms with Crippen molar-refractivity contribution in [3.63, 3.8) is 0 Å². The first-order valence-corrected chi connectivity index (χ1v) is 6.75. The Bertz CT molecular complexity index is 538. The van der Waals surface area contributed by atoms with Crippen molar-refractivity contribution in [1.29, 1.82) is 0 Å². The predicted molar refractivity (Wildman–Crippen MR) is 69.5 cm³/mol. The molecule has 0 aliphatic heterocycles. The minimum Gasteiger partial charge on any atom is -0.299 e. The predicted octanol–water partition coefficient (Wildman–Crippen LogP) is 2.07. The second kappa shape index (κ2) is 5.31. The van der Waals surface area contributed by atoms with Crippen molar-refractivity contribution >= 4 is 11.3 Å². The van der Waals surface area contributed by atoms with E-state index in [1.165, 1.54) is 4.88 Å². The standard InChI is InChI=1S/C12H17N3OS/c1-3-5-14-7-8-15(12(14)16)6-4-11-10(2)13-9-17-11/h7-9H,3-6H2,1-2H3. The van der Waals surface area contributed by atoms with Crippen LogP contribution in [0.2, 0.25) is 0 Å². The van der Waals surface area contributed by atoms with Crippen molar-refractivity contribution in [3.8, 4) is 0 Å². The molecule has 0 aliphatic carbocycles. The number of imidazole rings is 1. The van der Waals surface area contributed by atoms with Gasteiger partial charge in [0.15, 0.2) is 0 Å². The lowest BCUT2D eigenvalue weighted by molar-refractivity contribution is 0.602. The van der Waals surface area contributed by atoms with Gasteiger partial charge in [0.1, 0.15) is 0 Å². The number of hydrogen-bond acceptors (Lipinski definition) is 3. The summed E-state index contributed by atoms with van der Waals surface area (Å²) in [6, 6.07) is 0. The van der Waals surface area contributed by atoms with Gasteiger partial charge in [-0.15, -0.1) is 11.3 Å². The van der Waals surface area contributed by atoms with Crippen LogP contribution >= 0.6 is 11.3 Å². The van der Waals surface area contributed by atoms with Crippen LogP contribution in [0, 0.1) is 6.92 Å². The van der Waals surface area contributed by atoms with Crippen LogP contribution < -0.4 is 5.69 Å². The summed E-state index contributed by atoms with van der Waals surface area (Å²) in [5.74, 6) is 0. The SMILES string of the molecule is CCCn1ccn(CCc2scnc2C)c1=O. The molecule has 5 heteroatoms. The fourth-order valence-electron chi connectivity index (χ4n) is 1.82. The highest BCUT2D eigenvalue weighted by Gasteiger charge is 2.05. The van der Waals surface area contributed by atoms with Gasteiger partial charge in [0, 0.05) is 36.8 Å². The van der Waals surface area contributed by atoms with Gasteiger partial charge in [-0.25, -0.2) is 9.78 Å². The van der Waals surface area contributed by atoms with E-state index >= 15 is 0 Å². The summed E-state index contributed by atoms with van der Waals surface area (Å²) in [6.07, 6.45) is 5.60. The molecule has 0 atom stereocenters. The Morgan fingerprint density at radius 1 is 1.29 bits per heavy atom. The summed E-state index contributed by atoms with van der Waals surface area (Å²) < 4.78 is 3.54. The minimum atomic E-state index is 0.0917. The molecule has 2 rings (SSSR count). The third-order valence-corrected chi connectivity index (χ3v) is 3.80. The van der Waals surface area contributed by atoms with Gasteiger partial charge >= 0.3 is 5.69 Å². The monoisotopic (exact) mass is 251 g/mol. The summed E-state index contributed by atoms with van der Waals surface area (Å²) in [6.45, 7) is 5.62. The quantitative estimate of drug-likeness (QED) is 0.816. The van der Waals surface area contributed by atoms with Crippen molar-refractivity contribution in [1.82, 2.24) is 14.1 Å². The number of hydrogen-bond donors (Lipinski definition) is 0. The van der Waals surface area contributed by atoms with E-state index in [4.69, 9.17) is 0 Å². The van der Waals surface area contributed by atoms with Crippen LogP contribution in [0.3, 0.4) is 0 Å². The zero-order valence-corrected chi connectivity index (χ0v) is 11.0. The van der Waals surface area contributed by atoms with Gasteiger partial charge in [-0.05, 0) is 13.3 Å². The lowest BCUT2D eigenvalue weighted by Crippen LogP contribution is -2.24. The first-order chi connectivity index (χ1) is 8.22. The second-order valence-corrected chi connectivity index (χ2v) is 5.02. The minimum absolute atomic E-state index is 0.0917. The van der Waals surface area contributed by atoms with Crippen LogP contribution in [0.4, 0.5) is 0 Å². The molecule has 0 unspecified atom stereocenters. The Morgan fingerprint density at radius 2 is 2.00 bits per heavy atom. The highest BCUT2D eigenvalue weighted by Crippen LogP contribution is 2.13. The molecule has 0 aromatic carbocycles. The molecule has 0 aliphatic rings. The van der Waals surface area contributed by atoms with Crippen molar-refractivity contribution in [2.45, 2.75) is 39.8 Å². The van der Waals surface area contributed by atoms with Crippen LogP contribution in [0.5, 0.6) is 0 Å². The highest BCUT2D eigenvalue weighted by atomic mass is 32.1. The van der Waals surface area contributed by atoms with E-state index in [1.54, 1.807) is 20.5 Å². The molecule has 4 nitrogen and oxygen atoms in total. The molecule has 0 bridgehead atoms. The molecule has 2 aromatic rings. The molecule has 0 amide bonds. The summed E-state index contributed by atoms with van der Waals surface area (Å²) >= 11 is 1.66. The van der Waals surface area contributed by atoms with Gasteiger partial charge in [0.05, 0.1) is 11.2 Å². The van der Waals surface area contributed by atoms with Crippen molar-refractivity contribution < 1.29 is 0 Å². The molecular formula is C12H17N3OS. The van der Waals surface area contributed by atoms with E-state index in [2.05, 4.69) is 11.9 Å². The molecule has 0 fully saturated rings. The topological polar surface area (TPSA) is 39.8 Å². The molecule has 2 aromatic heterocycles. The van der Waals surface area contributed by atoms with Crippen molar-refractivity contribution in [2.24, 2.45) is 0 Å². The maximum atomic E-state index is 11.9. The Balaban J connectivity index is 2.05. The average Bonchev–Trinajstić information content (AvgIpc) is 2.86. The zero-order valence-electron chi connectivity index (χ0n) is 10.2. The number of aryl methyl sites for hydroxylation is 4. The number of rotatable bonds is 5. The zero-order chi connectivity index (χ0) is 12.3. The molecule has 17 heavy (non-hydrogen) atoms. The van der Waals surface area contributed by atoms with Crippen LogP contribution in [-0.2, 0) is 19.5 Å². The summed E-state index contributed by atoms with van der Waals surface area (Å²) in [7, 11) is 0. The largest absolute Gasteiger partial charge is 0.328 e. The lowest BCUT2D eigenvalue weighted by atomic mass is 10.3.